The Kier molecular flexibility index (Phi) is 4.99. The quantitative estimate of drug-likeness (QED) is 0.602. The van der Waals surface area contributed by atoms with Crippen LogP contribution in [-0.2, 0) is 4.74 Å². The Morgan fingerprint density at radius 3 is 2.32 bits per heavy atom. The molecule has 0 spiro atoms. The number of aliphatic hydroxyl groups excluding tert-OH is 1. The Hall–Kier alpha value is -1.50. The first-order valence-electron chi connectivity index (χ1n) is 6.34. The number of carbonyl (C=O) groups is 2. The molecule has 0 aromatic carbocycles. The zero-order valence-electron chi connectivity index (χ0n) is 11.5. The summed E-state index contributed by atoms with van der Waals surface area (Å²) in [5.74, 6) is 0. The van der Waals surface area contributed by atoms with Gasteiger partial charge in [0.2, 0.25) is 0 Å². The summed E-state index contributed by atoms with van der Waals surface area (Å²) in [5.41, 5.74) is -0.603. The van der Waals surface area contributed by atoms with E-state index in [9.17, 15) is 14.7 Å². The van der Waals surface area contributed by atoms with Crippen molar-refractivity contribution in [3.63, 3.8) is 0 Å². The van der Waals surface area contributed by atoms with Crippen molar-refractivity contribution >= 4 is 12.2 Å². The predicted molar refractivity (Wildman–Crippen MR) is 68.0 cm³/mol. The zero-order chi connectivity index (χ0) is 14.6. The Morgan fingerprint density at radius 2 is 1.79 bits per heavy atom. The molecular formula is C12H22N2O5. The number of amides is 2. The van der Waals surface area contributed by atoms with Crippen LogP contribution in [0, 0.1) is 0 Å². The number of rotatable bonds is 2. The Bertz CT molecular complexity index is 340. The molecule has 2 amide bonds. The fraction of sp³-hybridized carbons (Fsp3) is 0.833. The molecule has 1 aliphatic rings. The number of ether oxygens (including phenoxy) is 1. The summed E-state index contributed by atoms with van der Waals surface area (Å²) in [6.45, 7) is 5.26. The van der Waals surface area contributed by atoms with E-state index < -0.39 is 29.9 Å². The van der Waals surface area contributed by atoms with Crippen LogP contribution in [0.15, 0.2) is 0 Å². The normalized spacial score (nSPS) is 27.5. The lowest BCUT2D eigenvalue weighted by Crippen LogP contribution is -2.55. The molecule has 1 rings (SSSR count). The highest BCUT2D eigenvalue weighted by atomic mass is 16.6. The Labute approximate surface area is 112 Å². The van der Waals surface area contributed by atoms with Gasteiger partial charge in [-0.05, 0) is 40.0 Å². The maximum atomic E-state index is 11.7. The van der Waals surface area contributed by atoms with Crippen molar-refractivity contribution in [3.8, 4) is 0 Å². The number of hydrogen-bond donors (Lipinski definition) is 4. The van der Waals surface area contributed by atoms with Crippen LogP contribution >= 0.6 is 0 Å². The summed E-state index contributed by atoms with van der Waals surface area (Å²) in [7, 11) is 0. The van der Waals surface area contributed by atoms with Crippen molar-refractivity contribution in [1.29, 1.82) is 0 Å². The molecule has 4 N–H and O–H groups in total. The van der Waals surface area contributed by atoms with E-state index in [0.29, 0.717) is 12.8 Å². The summed E-state index contributed by atoms with van der Waals surface area (Å²) in [6, 6.07) is -0.872. The summed E-state index contributed by atoms with van der Waals surface area (Å²) in [6.07, 6.45) is -0.981. The van der Waals surface area contributed by atoms with E-state index in [1.807, 2.05) is 0 Å². The van der Waals surface area contributed by atoms with Crippen LogP contribution in [0.25, 0.3) is 0 Å². The van der Waals surface area contributed by atoms with Crippen LogP contribution in [0.5, 0.6) is 0 Å². The van der Waals surface area contributed by atoms with Crippen molar-refractivity contribution in [1.82, 2.24) is 10.6 Å². The highest BCUT2D eigenvalue weighted by Crippen LogP contribution is 2.20. The number of hydrogen-bond acceptors (Lipinski definition) is 4. The van der Waals surface area contributed by atoms with Gasteiger partial charge in [-0.2, -0.15) is 0 Å². The third kappa shape index (κ3) is 5.78. The van der Waals surface area contributed by atoms with Crippen LogP contribution in [0.2, 0.25) is 0 Å². The van der Waals surface area contributed by atoms with Gasteiger partial charge in [-0.15, -0.1) is 0 Å². The SMILES string of the molecule is CC(C)(C)OC(=O)N[C@@H]1CCC(O)C[C@H]1NC(=O)O. The molecule has 0 aromatic rings. The van der Waals surface area contributed by atoms with Crippen LogP contribution in [0.1, 0.15) is 40.0 Å². The number of aliphatic hydroxyl groups is 1. The van der Waals surface area contributed by atoms with Gasteiger partial charge in [0.25, 0.3) is 0 Å². The van der Waals surface area contributed by atoms with Crippen LogP contribution in [-0.4, -0.2) is 46.2 Å². The second kappa shape index (κ2) is 6.10. The summed E-state index contributed by atoms with van der Waals surface area (Å²) < 4.78 is 5.13. The summed E-state index contributed by atoms with van der Waals surface area (Å²) in [5, 5.41) is 23.3. The van der Waals surface area contributed by atoms with Crippen molar-refractivity contribution in [3.05, 3.63) is 0 Å². The first kappa shape index (κ1) is 15.6. The van der Waals surface area contributed by atoms with E-state index >= 15 is 0 Å². The van der Waals surface area contributed by atoms with Gasteiger partial charge in [0.15, 0.2) is 0 Å². The minimum absolute atomic E-state index is 0.284. The van der Waals surface area contributed by atoms with Gasteiger partial charge in [0.05, 0.1) is 18.2 Å². The van der Waals surface area contributed by atoms with Gasteiger partial charge in [-0.1, -0.05) is 0 Å². The van der Waals surface area contributed by atoms with Crippen molar-refractivity contribution in [2.24, 2.45) is 0 Å². The Morgan fingerprint density at radius 1 is 1.16 bits per heavy atom. The summed E-state index contributed by atoms with van der Waals surface area (Å²) in [4.78, 5) is 22.4. The molecule has 110 valence electrons. The van der Waals surface area contributed by atoms with Crippen molar-refractivity contribution in [2.45, 2.75) is 63.8 Å². The minimum Gasteiger partial charge on any atom is -0.465 e. The molecule has 1 saturated carbocycles. The van der Waals surface area contributed by atoms with E-state index in [2.05, 4.69) is 10.6 Å². The molecule has 19 heavy (non-hydrogen) atoms. The van der Waals surface area contributed by atoms with Gasteiger partial charge in [-0.3, -0.25) is 0 Å². The maximum Gasteiger partial charge on any atom is 0.407 e. The number of carboxylic acid groups (broad SMARTS) is 1. The van der Waals surface area contributed by atoms with Crippen molar-refractivity contribution < 1.29 is 24.5 Å². The van der Waals surface area contributed by atoms with E-state index in [-0.39, 0.29) is 12.5 Å². The second-order valence-corrected chi connectivity index (χ2v) is 5.78. The first-order valence-corrected chi connectivity index (χ1v) is 6.34. The van der Waals surface area contributed by atoms with Crippen LogP contribution in [0.4, 0.5) is 9.59 Å². The van der Waals surface area contributed by atoms with Crippen molar-refractivity contribution in [2.75, 3.05) is 0 Å². The molecule has 3 atom stereocenters. The fourth-order valence-corrected chi connectivity index (χ4v) is 2.10. The van der Waals surface area contributed by atoms with E-state index in [0.717, 1.165) is 0 Å². The molecular weight excluding hydrogens is 252 g/mol. The highest BCUT2D eigenvalue weighted by Gasteiger charge is 2.32. The minimum atomic E-state index is -1.17. The van der Waals surface area contributed by atoms with Crippen LogP contribution in [0.3, 0.4) is 0 Å². The smallest absolute Gasteiger partial charge is 0.407 e. The molecule has 1 fully saturated rings. The number of alkyl carbamates (subject to hydrolysis) is 1. The molecule has 1 aliphatic carbocycles. The largest absolute Gasteiger partial charge is 0.465 e. The predicted octanol–water partition coefficient (Wildman–Crippen LogP) is 1.06. The fourth-order valence-electron chi connectivity index (χ4n) is 2.10. The van der Waals surface area contributed by atoms with Gasteiger partial charge in [-0.25, -0.2) is 9.59 Å². The topological polar surface area (TPSA) is 108 Å². The average Bonchev–Trinajstić information content (AvgIpc) is 2.18. The lowest BCUT2D eigenvalue weighted by atomic mass is 9.88. The van der Waals surface area contributed by atoms with Gasteiger partial charge in [0, 0.05) is 0 Å². The van der Waals surface area contributed by atoms with E-state index in [4.69, 9.17) is 9.84 Å². The van der Waals surface area contributed by atoms with Gasteiger partial charge < -0.3 is 25.6 Å². The number of nitrogens with one attached hydrogen (secondary N) is 2. The molecule has 0 aliphatic heterocycles. The number of carbonyl (C=O) groups excluding carboxylic acids is 1. The molecule has 0 aromatic heterocycles. The molecule has 7 nitrogen and oxygen atoms in total. The monoisotopic (exact) mass is 274 g/mol. The summed E-state index contributed by atoms with van der Waals surface area (Å²) >= 11 is 0. The standard InChI is InChI=1S/C12H22N2O5/c1-12(2,3)19-11(18)14-8-5-4-7(15)6-9(8)13-10(16)17/h7-9,13,15H,4-6H2,1-3H3,(H,14,18)(H,16,17)/t7?,8-,9-/m1/s1. The van der Waals surface area contributed by atoms with Gasteiger partial charge in [0.1, 0.15) is 5.60 Å². The van der Waals surface area contributed by atoms with Crippen LogP contribution < -0.4 is 10.6 Å². The third-order valence-corrected chi connectivity index (χ3v) is 2.83. The Balaban J connectivity index is 2.58. The highest BCUT2D eigenvalue weighted by molar-refractivity contribution is 5.69. The first-order chi connectivity index (χ1) is 8.67. The molecule has 0 radical (unpaired) electrons. The molecule has 0 bridgehead atoms. The van der Waals surface area contributed by atoms with E-state index in [1.165, 1.54) is 0 Å². The third-order valence-electron chi connectivity index (χ3n) is 2.83. The maximum absolute atomic E-state index is 11.7. The molecule has 1 unspecified atom stereocenters. The molecule has 0 saturated heterocycles. The average molecular weight is 274 g/mol. The second-order valence-electron chi connectivity index (χ2n) is 5.78. The zero-order valence-corrected chi connectivity index (χ0v) is 11.5. The lowest BCUT2D eigenvalue weighted by molar-refractivity contribution is 0.0421. The lowest BCUT2D eigenvalue weighted by Gasteiger charge is -2.34. The molecule has 7 heteroatoms. The molecule has 0 heterocycles. The van der Waals surface area contributed by atoms with Gasteiger partial charge >= 0.3 is 12.2 Å². The van der Waals surface area contributed by atoms with E-state index in [1.54, 1.807) is 20.8 Å².